The van der Waals surface area contributed by atoms with Gasteiger partial charge in [-0.15, -0.1) is 0 Å². The lowest BCUT2D eigenvalue weighted by atomic mass is 10.2. The Morgan fingerprint density at radius 3 is 2.81 bits per heavy atom. The molecule has 0 aromatic heterocycles. The van der Waals surface area contributed by atoms with E-state index in [1.165, 1.54) is 12.1 Å². The lowest BCUT2D eigenvalue weighted by molar-refractivity contribution is 0.305. The van der Waals surface area contributed by atoms with Crippen LogP contribution in [0, 0.1) is 23.6 Å². The third kappa shape index (κ3) is 4.03. The largest absolute Gasteiger partial charge is 0.395 e. The van der Waals surface area contributed by atoms with Gasteiger partial charge in [0.2, 0.25) is 10.0 Å². The molecule has 0 amide bonds. The van der Waals surface area contributed by atoms with E-state index in [-0.39, 0.29) is 29.5 Å². The Morgan fingerprint density at radius 2 is 2.24 bits per heavy atom. The molecule has 0 heterocycles. The first kappa shape index (κ1) is 16.0. The first-order valence-electron chi connectivity index (χ1n) is 6.89. The summed E-state index contributed by atoms with van der Waals surface area (Å²) in [6.07, 6.45) is 2.02. The van der Waals surface area contributed by atoms with Crippen LogP contribution in [-0.2, 0) is 10.0 Å². The molecule has 0 radical (unpaired) electrons. The van der Waals surface area contributed by atoms with Gasteiger partial charge >= 0.3 is 0 Å². The number of rotatable bonds is 5. The van der Waals surface area contributed by atoms with Crippen LogP contribution in [0.25, 0.3) is 0 Å². The summed E-state index contributed by atoms with van der Waals surface area (Å²) in [5, 5.41) is 8.61. The van der Waals surface area contributed by atoms with Gasteiger partial charge in [0.15, 0.2) is 0 Å². The van der Waals surface area contributed by atoms with E-state index in [9.17, 15) is 12.8 Å². The molecule has 2 atom stereocenters. The van der Waals surface area contributed by atoms with Gasteiger partial charge in [-0.1, -0.05) is 25.2 Å². The highest BCUT2D eigenvalue weighted by Crippen LogP contribution is 2.34. The zero-order valence-electron chi connectivity index (χ0n) is 11.8. The molecule has 0 saturated heterocycles. The normalized spacial score (nSPS) is 20.7. The predicted molar refractivity (Wildman–Crippen MR) is 77.5 cm³/mol. The summed E-state index contributed by atoms with van der Waals surface area (Å²) in [5.41, 5.74) is 0.125. The molecule has 4 nitrogen and oxygen atoms in total. The zero-order valence-corrected chi connectivity index (χ0v) is 12.6. The van der Waals surface area contributed by atoms with Gasteiger partial charge in [0.1, 0.15) is 5.82 Å². The standard InChI is InChI=1S/C15H18FNO3S/c1-2-11-9-15(11)17-21(19,20)13-7-6-12(14(16)10-13)5-3-4-8-18/h6-7,10-11,15,17-18H,2,4,8-9H2,1H3. The first-order chi connectivity index (χ1) is 9.97. The minimum absolute atomic E-state index is 0.0351. The van der Waals surface area contributed by atoms with Crippen LogP contribution in [0.1, 0.15) is 31.7 Å². The van der Waals surface area contributed by atoms with E-state index in [4.69, 9.17) is 5.11 Å². The quantitative estimate of drug-likeness (QED) is 0.812. The maximum absolute atomic E-state index is 13.8. The van der Waals surface area contributed by atoms with E-state index < -0.39 is 15.8 Å². The summed E-state index contributed by atoms with van der Waals surface area (Å²) in [6.45, 7) is 1.92. The maximum atomic E-state index is 13.8. The highest BCUT2D eigenvalue weighted by atomic mass is 32.2. The molecular formula is C15H18FNO3S. The number of aliphatic hydroxyl groups excluding tert-OH is 1. The van der Waals surface area contributed by atoms with Crippen molar-refractivity contribution < 1.29 is 17.9 Å². The van der Waals surface area contributed by atoms with Crippen molar-refractivity contribution in [3.8, 4) is 11.8 Å². The molecule has 114 valence electrons. The second kappa shape index (κ2) is 6.56. The molecule has 2 unspecified atom stereocenters. The molecule has 1 fully saturated rings. The van der Waals surface area contributed by atoms with Crippen LogP contribution >= 0.6 is 0 Å². The Balaban J connectivity index is 2.14. The molecule has 0 aliphatic heterocycles. The van der Waals surface area contributed by atoms with Crippen LogP contribution in [0.3, 0.4) is 0 Å². The number of aliphatic hydroxyl groups is 1. The highest BCUT2D eigenvalue weighted by Gasteiger charge is 2.38. The Morgan fingerprint density at radius 1 is 1.48 bits per heavy atom. The van der Waals surface area contributed by atoms with Crippen molar-refractivity contribution in [1.29, 1.82) is 0 Å². The topological polar surface area (TPSA) is 66.4 Å². The summed E-state index contributed by atoms with van der Waals surface area (Å²) < 4.78 is 40.7. The molecule has 1 aromatic rings. The van der Waals surface area contributed by atoms with Gasteiger partial charge < -0.3 is 5.11 Å². The van der Waals surface area contributed by atoms with Gasteiger partial charge in [0.25, 0.3) is 0 Å². The van der Waals surface area contributed by atoms with Crippen molar-refractivity contribution >= 4 is 10.0 Å². The Bertz CT molecular complexity index is 676. The number of nitrogens with one attached hydrogen (secondary N) is 1. The third-order valence-electron chi connectivity index (χ3n) is 3.46. The number of hydrogen-bond acceptors (Lipinski definition) is 3. The van der Waals surface area contributed by atoms with E-state index in [1.54, 1.807) is 0 Å². The number of benzene rings is 1. The van der Waals surface area contributed by atoms with Crippen molar-refractivity contribution in [2.45, 2.75) is 37.1 Å². The first-order valence-corrected chi connectivity index (χ1v) is 8.38. The number of hydrogen-bond donors (Lipinski definition) is 2. The molecule has 2 N–H and O–H groups in total. The van der Waals surface area contributed by atoms with Crippen LogP contribution in [0.2, 0.25) is 0 Å². The Labute approximate surface area is 124 Å². The second-order valence-electron chi connectivity index (χ2n) is 5.05. The molecule has 0 spiro atoms. The molecule has 1 saturated carbocycles. The van der Waals surface area contributed by atoms with E-state index in [0.717, 1.165) is 18.9 Å². The van der Waals surface area contributed by atoms with Gasteiger partial charge in [-0.25, -0.2) is 17.5 Å². The van der Waals surface area contributed by atoms with E-state index in [0.29, 0.717) is 5.92 Å². The summed E-state index contributed by atoms with van der Waals surface area (Å²) >= 11 is 0. The van der Waals surface area contributed by atoms with Gasteiger partial charge in [0.05, 0.1) is 17.1 Å². The lowest BCUT2D eigenvalue weighted by Gasteiger charge is -2.07. The molecule has 1 aliphatic rings. The second-order valence-corrected chi connectivity index (χ2v) is 6.76. The number of halogens is 1. The van der Waals surface area contributed by atoms with Gasteiger partial charge in [0, 0.05) is 12.5 Å². The average Bonchev–Trinajstić information content (AvgIpc) is 3.18. The van der Waals surface area contributed by atoms with E-state index in [1.807, 2.05) is 6.92 Å². The molecule has 21 heavy (non-hydrogen) atoms. The van der Waals surface area contributed by atoms with E-state index in [2.05, 4.69) is 16.6 Å². The van der Waals surface area contributed by atoms with Crippen LogP contribution in [0.15, 0.2) is 23.1 Å². The minimum atomic E-state index is -3.68. The van der Waals surface area contributed by atoms with Crippen molar-refractivity contribution in [3.05, 3.63) is 29.6 Å². The summed E-state index contributed by atoms with van der Waals surface area (Å²) in [4.78, 5) is -0.0885. The fraction of sp³-hybridized carbons (Fsp3) is 0.467. The third-order valence-corrected chi connectivity index (χ3v) is 4.95. The summed E-state index contributed by atoms with van der Waals surface area (Å²) in [5.74, 6) is 4.87. The van der Waals surface area contributed by atoms with Crippen LogP contribution in [0.4, 0.5) is 4.39 Å². The van der Waals surface area contributed by atoms with Gasteiger partial charge in [-0.2, -0.15) is 0 Å². The maximum Gasteiger partial charge on any atom is 0.240 e. The zero-order chi connectivity index (χ0) is 15.5. The molecular weight excluding hydrogens is 293 g/mol. The van der Waals surface area contributed by atoms with Crippen molar-refractivity contribution in [2.75, 3.05) is 6.61 Å². The smallest absolute Gasteiger partial charge is 0.240 e. The monoisotopic (exact) mass is 311 g/mol. The average molecular weight is 311 g/mol. The molecule has 2 rings (SSSR count). The molecule has 0 bridgehead atoms. The van der Waals surface area contributed by atoms with Crippen molar-refractivity contribution in [1.82, 2.24) is 4.72 Å². The fourth-order valence-electron chi connectivity index (χ4n) is 2.09. The van der Waals surface area contributed by atoms with Gasteiger partial charge in [-0.05, 0) is 30.5 Å². The molecule has 1 aliphatic carbocycles. The van der Waals surface area contributed by atoms with Crippen molar-refractivity contribution in [2.24, 2.45) is 5.92 Å². The van der Waals surface area contributed by atoms with Crippen molar-refractivity contribution in [3.63, 3.8) is 0 Å². The van der Waals surface area contributed by atoms with Crippen LogP contribution in [-0.4, -0.2) is 26.2 Å². The predicted octanol–water partition coefficient (Wildman–Crippen LogP) is 1.64. The van der Waals surface area contributed by atoms with Crippen LogP contribution < -0.4 is 4.72 Å². The molecule has 1 aromatic carbocycles. The summed E-state index contributed by atoms with van der Waals surface area (Å²) in [6, 6.07) is 3.64. The number of sulfonamides is 1. The SMILES string of the molecule is CCC1CC1NS(=O)(=O)c1ccc(C#CCCO)c(F)c1. The Hall–Kier alpha value is -1.42. The van der Waals surface area contributed by atoms with E-state index >= 15 is 0 Å². The highest BCUT2D eigenvalue weighted by molar-refractivity contribution is 7.89. The minimum Gasteiger partial charge on any atom is -0.395 e. The fourth-order valence-corrected chi connectivity index (χ4v) is 3.42. The van der Waals surface area contributed by atoms with Crippen LogP contribution in [0.5, 0.6) is 0 Å². The van der Waals surface area contributed by atoms with Gasteiger partial charge in [-0.3, -0.25) is 0 Å². The molecule has 6 heteroatoms. The summed E-state index contributed by atoms with van der Waals surface area (Å²) in [7, 11) is -3.68. The lowest BCUT2D eigenvalue weighted by Crippen LogP contribution is -2.27. The Kier molecular flexibility index (Phi) is 4.99.